The van der Waals surface area contributed by atoms with E-state index in [0.717, 1.165) is 12.1 Å². The van der Waals surface area contributed by atoms with Gasteiger partial charge in [-0.2, -0.15) is 0 Å². The van der Waals surface area contributed by atoms with E-state index in [1.165, 1.54) is 13.2 Å². The lowest BCUT2D eigenvalue weighted by Gasteiger charge is -2.12. The third kappa shape index (κ3) is 4.97. The molecule has 0 aliphatic rings. The lowest BCUT2D eigenvalue weighted by Crippen LogP contribution is -2.29. The number of hydrogen-bond donors (Lipinski definition) is 4. The van der Waals surface area contributed by atoms with E-state index in [1.54, 1.807) is 0 Å². The molecule has 0 saturated carbocycles. The van der Waals surface area contributed by atoms with Crippen LogP contribution in [-0.4, -0.2) is 51.0 Å². The largest absolute Gasteiger partial charge is 0.478 e. The van der Waals surface area contributed by atoms with Crippen molar-refractivity contribution >= 4 is 21.7 Å². The van der Waals surface area contributed by atoms with Gasteiger partial charge in [-0.15, -0.1) is 0 Å². The molecule has 1 atom stereocenters. The molecule has 1 aromatic carbocycles. The van der Waals surface area contributed by atoms with Gasteiger partial charge < -0.3 is 20.7 Å². The minimum absolute atomic E-state index is 0.0548. The van der Waals surface area contributed by atoms with Gasteiger partial charge in [-0.05, 0) is 24.6 Å². The number of carboxylic acid groups (broad SMARTS) is 1. The van der Waals surface area contributed by atoms with Gasteiger partial charge >= 0.3 is 5.97 Å². The smallest absolute Gasteiger partial charge is 0.337 e. The first-order valence-electron chi connectivity index (χ1n) is 6.07. The van der Waals surface area contributed by atoms with Crippen LogP contribution >= 0.6 is 0 Å². The van der Waals surface area contributed by atoms with Crippen LogP contribution in [0.15, 0.2) is 23.1 Å². The molecule has 0 fully saturated rings. The zero-order chi connectivity index (χ0) is 16.0. The number of aromatic carboxylic acids is 1. The van der Waals surface area contributed by atoms with Crippen molar-refractivity contribution in [3.05, 3.63) is 23.8 Å². The third-order valence-corrected chi connectivity index (χ3v) is 4.16. The highest BCUT2D eigenvalue weighted by atomic mass is 32.2. The molecule has 0 aromatic heterocycles. The maximum absolute atomic E-state index is 12.1. The fourth-order valence-electron chi connectivity index (χ4n) is 1.65. The Kier molecular flexibility index (Phi) is 6.09. The quantitative estimate of drug-likeness (QED) is 0.480. The van der Waals surface area contributed by atoms with Crippen molar-refractivity contribution < 1.29 is 28.2 Å². The van der Waals surface area contributed by atoms with Crippen LogP contribution in [0.3, 0.4) is 0 Å². The Morgan fingerprint density at radius 1 is 1.48 bits per heavy atom. The molecule has 118 valence electrons. The number of carbonyl (C=O) groups is 1. The number of rotatable bonds is 8. The highest BCUT2D eigenvalue weighted by molar-refractivity contribution is 7.89. The lowest BCUT2D eigenvalue weighted by molar-refractivity contribution is 0.0603. The summed E-state index contributed by atoms with van der Waals surface area (Å²) in [5, 5.41) is 18.4. The summed E-state index contributed by atoms with van der Waals surface area (Å²) in [5.41, 5.74) is 5.27. The van der Waals surface area contributed by atoms with Crippen molar-refractivity contribution in [2.24, 2.45) is 0 Å². The van der Waals surface area contributed by atoms with E-state index in [-0.39, 0.29) is 30.8 Å². The molecule has 0 spiro atoms. The number of ether oxygens (including phenoxy) is 1. The lowest BCUT2D eigenvalue weighted by atomic mass is 10.2. The highest BCUT2D eigenvalue weighted by Gasteiger charge is 2.22. The van der Waals surface area contributed by atoms with Gasteiger partial charge in [0.05, 0.1) is 23.2 Å². The monoisotopic (exact) mass is 318 g/mol. The fourth-order valence-corrected chi connectivity index (χ4v) is 2.93. The SMILES string of the molecule is COCC(O)CCNS(=O)(=O)c1cc(N)ccc1C(=O)O. The third-order valence-electron chi connectivity index (χ3n) is 2.65. The number of nitrogens with one attached hydrogen (secondary N) is 1. The predicted octanol–water partition coefficient (Wildman–Crippen LogP) is -0.357. The number of methoxy groups -OCH3 is 1. The summed E-state index contributed by atoms with van der Waals surface area (Å²) in [5.74, 6) is -1.37. The van der Waals surface area contributed by atoms with Crippen LogP contribution in [0.1, 0.15) is 16.8 Å². The Balaban J connectivity index is 2.88. The molecule has 21 heavy (non-hydrogen) atoms. The van der Waals surface area contributed by atoms with E-state index in [9.17, 15) is 18.3 Å². The average Bonchev–Trinajstić information content (AvgIpc) is 2.38. The molecule has 9 heteroatoms. The first-order valence-corrected chi connectivity index (χ1v) is 7.55. The molecule has 1 unspecified atom stereocenters. The molecule has 0 radical (unpaired) electrons. The number of aliphatic hydroxyl groups is 1. The van der Waals surface area contributed by atoms with E-state index in [2.05, 4.69) is 4.72 Å². The van der Waals surface area contributed by atoms with Crippen LogP contribution in [0.2, 0.25) is 0 Å². The van der Waals surface area contributed by atoms with Crippen LogP contribution in [-0.2, 0) is 14.8 Å². The van der Waals surface area contributed by atoms with Crippen LogP contribution in [0.5, 0.6) is 0 Å². The number of carboxylic acids is 1. The van der Waals surface area contributed by atoms with Crippen molar-refractivity contribution in [3.63, 3.8) is 0 Å². The van der Waals surface area contributed by atoms with E-state index < -0.39 is 27.0 Å². The minimum atomic E-state index is -4.03. The standard InChI is InChI=1S/C12H18N2O6S/c1-20-7-9(15)4-5-14-21(18,19)11-6-8(13)2-3-10(11)12(16)17/h2-3,6,9,14-15H,4-5,7,13H2,1H3,(H,16,17). The first kappa shape index (κ1) is 17.4. The number of aliphatic hydroxyl groups excluding tert-OH is 1. The molecular formula is C12H18N2O6S. The highest BCUT2D eigenvalue weighted by Crippen LogP contribution is 2.19. The molecular weight excluding hydrogens is 300 g/mol. The zero-order valence-electron chi connectivity index (χ0n) is 11.4. The molecule has 8 nitrogen and oxygen atoms in total. The van der Waals surface area contributed by atoms with Crippen molar-refractivity contribution in [2.75, 3.05) is 26.0 Å². The number of nitrogen functional groups attached to an aromatic ring is 1. The number of nitrogens with two attached hydrogens (primary N) is 1. The summed E-state index contributed by atoms with van der Waals surface area (Å²) in [4.78, 5) is 10.7. The second-order valence-corrected chi connectivity index (χ2v) is 6.09. The summed E-state index contributed by atoms with van der Waals surface area (Å²) >= 11 is 0. The molecule has 0 bridgehead atoms. The molecule has 0 aliphatic heterocycles. The van der Waals surface area contributed by atoms with Gasteiger partial charge in [0.15, 0.2) is 0 Å². The minimum Gasteiger partial charge on any atom is -0.478 e. The van der Waals surface area contributed by atoms with Crippen LogP contribution < -0.4 is 10.5 Å². The zero-order valence-corrected chi connectivity index (χ0v) is 12.3. The van der Waals surface area contributed by atoms with Crippen LogP contribution in [0.25, 0.3) is 0 Å². The van der Waals surface area contributed by atoms with Gasteiger partial charge in [-0.1, -0.05) is 0 Å². The molecule has 0 amide bonds. The van der Waals surface area contributed by atoms with Gasteiger partial charge in [0.1, 0.15) is 0 Å². The summed E-state index contributed by atoms with van der Waals surface area (Å²) in [6.07, 6.45) is -0.671. The van der Waals surface area contributed by atoms with Gasteiger partial charge in [0, 0.05) is 19.3 Å². The fraction of sp³-hybridized carbons (Fsp3) is 0.417. The Labute approximate surface area is 122 Å². The molecule has 0 heterocycles. The van der Waals surface area contributed by atoms with E-state index >= 15 is 0 Å². The number of sulfonamides is 1. The van der Waals surface area contributed by atoms with Crippen molar-refractivity contribution in [1.82, 2.24) is 4.72 Å². The first-order chi connectivity index (χ1) is 9.77. The predicted molar refractivity (Wildman–Crippen MR) is 75.5 cm³/mol. The Hall–Kier alpha value is -1.68. The number of hydrogen-bond acceptors (Lipinski definition) is 6. The van der Waals surface area contributed by atoms with Gasteiger partial charge in [-0.3, -0.25) is 0 Å². The van der Waals surface area contributed by atoms with Gasteiger partial charge in [0.25, 0.3) is 0 Å². The summed E-state index contributed by atoms with van der Waals surface area (Å²) in [6, 6.07) is 3.52. The normalized spacial score (nSPS) is 13.0. The van der Waals surface area contributed by atoms with E-state index in [1.807, 2.05) is 0 Å². The van der Waals surface area contributed by atoms with Gasteiger partial charge in [0.2, 0.25) is 10.0 Å². The van der Waals surface area contributed by atoms with Crippen molar-refractivity contribution in [3.8, 4) is 0 Å². The molecule has 1 aromatic rings. The average molecular weight is 318 g/mol. The summed E-state index contributed by atoms with van der Waals surface area (Å²) < 4.78 is 31.2. The Morgan fingerprint density at radius 3 is 2.71 bits per heavy atom. The van der Waals surface area contributed by atoms with Gasteiger partial charge in [-0.25, -0.2) is 17.9 Å². The topological polar surface area (TPSA) is 139 Å². The number of anilines is 1. The molecule has 0 aliphatic carbocycles. The maximum Gasteiger partial charge on any atom is 0.337 e. The van der Waals surface area contributed by atoms with E-state index in [0.29, 0.717) is 0 Å². The second-order valence-electron chi connectivity index (χ2n) is 4.36. The molecule has 1 rings (SSSR count). The maximum atomic E-state index is 12.1. The Bertz CT molecular complexity index is 602. The van der Waals surface area contributed by atoms with Crippen molar-refractivity contribution in [1.29, 1.82) is 0 Å². The molecule has 0 saturated heterocycles. The number of benzene rings is 1. The summed E-state index contributed by atoms with van der Waals surface area (Å²) in [7, 11) is -2.62. The Morgan fingerprint density at radius 2 is 2.14 bits per heavy atom. The molecule has 5 N–H and O–H groups in total. The summed E-state index contributed by atoms with van der Waals surface area (Å²) in [6.45, 7) is 0.0289. The van der Waals surface area contributed by atoms with Crippen LogP contribution in [0, 0.1) is 0 Å². The van der Waals surface area contributed by atoms with Crippen LogP contribution in [0.4, 0.5) is 5.69 Å². The van der Waals surface area contributed by atoms with Crippen molar-refractivity contribution in [2.45, 2.75) is 17.4 Å². The second kappa shape index (κ2) is 7.36. The van der Waals surface area contributed by atoms with E-state index in [4.69, 9.17) is 15.6 Å².